The summed E-state index contributed by atoms with van der Waals surface area (Å²) < 4.78 is 4.66. The molecule has 0 aliphatic heterocycles. The highest BCUT2D eigenvalue weighted by Gasteiger charge is 2.14. The van der Waals surface area contributed by atoms with Gasteiger partial charge >= 0.3 is 5.97 Å². The number of anilines is 1. The quantitative estimate of drug-likeness (QED) is 0.769. The molecule has 0 aliphatic rings. The first-order valence-corrected chi connectivity index (χ1v) is 6.31. The Morgan fingerprint density at radius 3 is 2.68 bits per heavy atom. The van der Waals surface area contributed by atoms with Gasteiger partial charge in [-0.3, -0.25) is 4.79 Å². The Morgan fingerprint density at radius 2 is 2.05 bits per heavy atom. The Hall–Kier alpha value is -1.88. The third kappa shape index (κ3) is 4.71. The summed E-state index contributed by atoms with van der Waals surface area (Å²) in [5.41, 5.74) is 6.59. The lowest BCUT2D eigenvalue weighted by Crippen LogP contribution is -2.27. The number of para-hydroxylation sites is 1. The van der Waals surface area contributed by atoms with Crippen molar-refractivity contribution in [3.63, 3.8) is 0 Å². The molecule has 1 rings (SSSR count). The van der Waals surface area contributed by atoms with E-state index < -0.39 is 5.97 Å². The molecule has 0 aromatic heterocycles. The van der Waals surface area contributed by atoms with Crippen LogP contribution in [0.1, 0.15) is 36.5 Å². The number of methoxy groups -OCH3 is 1. The summed E-state index contributed by atoms with van der Waals surface area (Å²) in [6.07, 6.45) is 1.97. The number of nitrogens with one attached hydrogen (secondary N) is 1. The van der Waals surface area contributed by atoms with Crippen LogP contribution in [0.25, 0.3) is 0 Å². The number of amides is 1. The van der Waals surface area contributed by atoms with Crippen LogP contribution in [-0.2, 0) is 9.53 Å². The van der Waals surface area contributed by atoms with E-state index in [4.69, 9.17) is 5.73 Å². The van der Waals surface area contributed by atoms with E-state index in [0.29, 0.717) is 11.3 Å². The average molecular weight is 264 g/mol. The lowest BCUT2D eigenvalue weighted by Gasteiger charge is -2.12. The van der Waals surface area contributed by atoms with E-state index in [0.717, 1.165) is 12.8 Å². The van der Waals surface area contributed by atoms with Crippen LogP contribution in [0.5, 0.6) is 0 Å². The summed E-state index contributed by atoms with van der Waals surface area (Å²) in [6, 6.07) is 6.57. The highest BCUT2D eigenvalue weighted by Crippen LogP contribution is 2.16. The van der Waals surface area contributed by atoms with Gasteiger partial charge in [0.1, 0.15) is 0 Å². The van der Waals surface area contributed by atoms with Crippen molar-refractivity contribution in [2.75, 3.05) is 12.4 Å². The zero-order valence-corrected chi connectivity index (χ0v) is 11.3. The Morgan fingerprint density at radius 1 is 1.37 bits per heavy atom. The molecule has 0 heterocycles. The molecule has 0 saturated carbocycles. The summed E-state index contributed by atoms with van der Waals surface area (Å²) in [6.45, 7) is 2.02. The van der Waals surface area contributed by atoms with Gasteiger partial charge in [0.05, 0.1) is 18.4 Å². The summed E-state index contributed by atoms with van der Waals surface area (Å²) >= 11 is 0. The molecule has 5 nitrogen and oxygen atoms in total. The normalized spacial score (nSPS) is 11.7. The van der Waals surface area contributed by atoms with E-state index >= 15 is 0 Å². The minimum atomic E-state index is -0.478. The van der Waals surface area contributed by atoms with Crippen LogP contribution >= 0.6 is 0 Å². The highest BCUT2D eigenvalue weighted by molar-refractivity contribution is 6.01. The Kier molecular flexibility index (Phi) is 6.02. The SMILES string of the molecule is CCCC(N)CC(=O)Nc1ccccc1C(=O)OC. The van der Waals surface area contributed by atoms with Gasteiger partial charge in [0, 0.05) is 12.5 Å². The standard InChI is InChI=1S/C14H20N2O3/c1-3-6-10(15)9-13(17)16-12-8-5-4-7-11(12)14(18)19-2/h4-5,7-8,10H,3,6,9,15H2,1-2H3,(H,16,17). The zero-order chi connectivity index (χ0) is 14.3. The number of rotatable bonds is 6. The monoisotopic (exact) mass is 264 g/mol. The molecule has 1 unspecified atom stereocenters. The van der Waals surface area contributed by atoms with Crippen LogP contribution in [-0.4, -0.2) is 25.0 Å². The zero-order valence-electron chi connectivity index (χ0n) is 11.3. The van der Waals surface area contributed by atoms with E-state index in [-0.39, 0.29) is 18.4 Å². The van der Waals surface area contributed by atoms with Crippen molar-refractivity contribution in [1.29, 1.82) is 0 Å². The molecule has 0 bridgehead atoms. The topological polar surface area (TPSA) is 81.4 Å². The molecular weight excluding hydrogens is 244 g/mol. The largest absolute Gasteiger partial charge is 0.465 e. The second-order valence-electron chi connectivity index (χ2n) is 4.34. The van der Waals surface area contributed by atoms with E-state index in [2.05, 4.69) is 10.1 Å². The first-order chi connectivity index (χ1) is 9.08. The van der Waals surface area contributed by atoms with Crippen molar-refractivity contribution in [2.45, 2.75) is 32.2 Å². The fourth-order valence-electron chi connectivity index (χ4n) is 1.79. The smallest absolute Gasteiger partial charge is 0.339 e. The Labute approximate surface area is 113 Å². The van der Waals surface area contributed by atoms with Crippen LogP contribution < -0.4 is 11.1 Å². The molecule has 1 atom stereocenters. The number of nitrogens with two attached hydrogens (primary N) is 1. The number of benzene rings is 1. The molecule has 104 valence electrons. The number of carbonyl (C=O) groups excluding carboxylic acids is 2. The van der Waals surface area contributed by atoms with Gasteiger partial charge in [-0.15, -0.1) is 0 Å². The first-order valence-electron chi connectivity index (χ1n) is 6.31. The lowest BCUT2D eigenvalue weighted by molar-refractivity contribution is -0.116. The predicted octanol–water partition coefficient (Wildman–Crippen LogP) is 1.93. The van der Waals surface area contributed by atoms with Gasteiger partial charge in [-0.05, 0) is 18.6 Å². The summed E-state index contributed by atoms with van der Waals surface area (Å²) in [5.74, 6) is -0.675. The molecular formula is C14H20N2O3. The highest BCUT2D eigenvalue weighted by atomic mass is 16.5. The molecule has 1 aromatic carbocycles. The number of esters is 1. The van der Waals surface area contributed by atoms with Crippen LogP contribution in [0, 0.1) is 0 Å². The maximum absolute atomic E-state index is 11.8. The minimum absolute atomic E-state index is 0.157. The van der Waals surface area contributed by atoms with Gasteiger partial charge < -0.3 is 15.8 Å². The number of hydrogen-bond acceptors (Lipinski definition) is 4. The fourth-order valence-corrected chi connectivity index (χ4v) is 1.79. The van der Waals surface area contributed by atoms with Gasteiger partial charge in [0.15, 0.2) is 0 Å². The van der Waals surface area contributed by atoms with Crippen molar-refractivity contribution >= 4 is 17.6 Å². The average Bonchev–Trinajstić information content (AvgIpc) is 2.38. The molecule has 19 heavy (non-hydrogen) atoms. The minimum Gasteiger partial charge on any atom is -0.465 e. The molecule has 0 radical (unpaired) electrons. The molecule has 1 amide bonds. The van der Waals surface area contributed by atoms with Crippen molar-refractivity contribution in [3.8, 4) is 0 Å². The first kappa shape index (κ1) is 15.2. The molecule has 1 aromatic rings. The maximum atomic E-state index is 11.8. The van der Waals surface area contributed by atoms with Crippen molar-refractivity contribution < 1.29 is 14.3 Å². The van der Waals surface area contributed by atoms with Crippen LogP contribution in [0.15, 0.2) is 24.3 Å². The molecule has 0 aliphatic carbocycles. The van der Waals surface area contributed by atoms with Crippen LogP contribution in [0.3, 0.4) is 0 Å². The molecule has 0 fully saturated rings. The second kappa shape index (κ2) is 7.53. The maximum Gasteiger partial charge on any atom is 0.339 e. The van der Waals surface area contributed by atoms with Crippen LogP contribution in [0.4, 0.5) is 5.69 Å². The number of hydrogen-bond donors (Lipinski definition) is 2. The van der Waals surface area contributed by atoms with Crippen molar-refractivity contribution in [2.24, 2.45) is 5.73 Å². The second-order valence-corrected chi connectivity index (χ2v) is 4.34. The van der Waals surface area contributed by atoms with Crippen molar-refractivity contribution in [1.82, 2.24) is 0 Å². The molecule has 5 heteroatoms. The number of carbonyl (C=O) groups is 2. The Bertz CT molecular complexity index is 446. The Balaban J connectivity index is 2.71. The molecule has 0 spiro atoms. The van der Waals surface area contributed by atoms with E-state index in [1.54, 1.807) is 24.3 Å². The third-order valence-corrected chi connectivity index (χ3v) is 2.71. The van der Waals surface area contributed by atoms with Crippen molar-refractivity contribution in [3.05, 3.63) is 29.8 Å². The van der Waals surface area contributed by atoms with Gasteiger partial charge in [-0.1, -0.05) is 25.5 Å². The van der Waals surface area contributed by atoms with E-state index in [1.165, 1.54) is 7.11 Å². The fraction of sp³-hybridized carbons (Fsp3) is 0.429. The summed E-state index contributed by atoms with van der Waals surface area (Å²) in [5, 5.41) is 2.70. The van der Waals surface area contributed by atoms with Gasteiger partial charge in [-0.2, -0.15) is 0 Å². The van der Waals surface area contributed by atoms with Gasteiger partial charge in [-0.25, -0.2) is 4.79 Å². The molecule has 3 N–H and O–H groups in total. The van der Waals surface area contributed by atoms with Crippen LogP contribution in [0.2, 0.25) is 0 Å². The van der Waals surface area contributed by atoms with E-state index in [1.807, 2.05) is 6.92 Å². The van der Waals surface area contributed by atoms with Gasteiger partial charge in [0.25, 0.3) is 0 Å². The third-order valence-electron chi connectivity index (χ3n) is 2.71. The van der Waals surface area contributed by atoms with E-state index in [9.17, 15) is 9.59 Å². The predicted molar refractivity (Wildman–Crippen MR) is 73.9 cm³/mol. The lowest BCUT2D eigenvalue weighted by atomic mass is 10.1. The number of ether oxygens (including phenoxy) is 1. The summed E-state index contributed by atoms with van der Waals surface area (Å²) in [4.78, 5) is 23.4. The summed E-state index contributed by atoms with van der Waals surface area (Å²) in [7, 11) is 1.30. The molecule has 0 saturated heterocycles. The van der Waals surface area contributed by atoms with Gasteiger partial charge in [0.2, 0.25) is 5.91 Å².